The van der Waals surface area contributed by atoms with Crippen LogP contribution < -0.4 is 15.5 Å². The van der Waals surface area contributed by atoms with E-state index in [1.54, 1.807) is 0 Å². The Bertz CT molecular complexity index is 821. The van der Waals surface area contributed by atoms with Gasteiger partial charge < -0.3 is 15.5 Å². The van der Waals surface area contributed by atoms with Crippen molar-refractivity contribution in [3.8, 4) is 0 Å². The molecule has 1 saturated heterocycles. The van der Waals surface area contributed by atoms with Gasteiger partial charge in [-0.3, -0.25) is 4.79 Å². The normalized spacial score (nSPS) is 21.2. The molecular weight excluding hydrogens is 322 g/mol. The molecule has 1 unspecified atom stereocenters. The third-order valence-corrected chi connectivity index (χ3v) is 5.30. The van der Waals surface area contributed by atoms with E-state index in [-0.39, 0.29) is 5.91 Å². The van der Waals surface area contributed by atoms with Gasteiger partial charge in [0.15, 0.2) is 0 Å². The molecule has 2 N–H and O–H groups in total. The molecule has 1 atom stereocenters. The van der Waals surface area contributed by atoms with Crippen LogP contribution in [0.1, 0.15) is 30.4 Å². The van der Waals surface area contributed by atoms with Crippen LogP contribution in [0.4, 0.5) is 11.4 Å². The average Bonchev–Trinajstić information content (AvgIpc) is 2.83. The van der Waals surface area contributed by atoms with Gasteiger partial charge in [0, 0.05) is 29.2 Å². The zero-order chi connectivity index (χ0) is 17.9. The molecular formula is C22H25N3O. The third kappa shape index (κ3) is 3.25. The van der Waals surface area contributed by atoms with E-state index in [2.05, 4.69) is 59.0 Å². The molecule has 2 aliphatic rings. The van der Waals surface area contributed by atoms with Crippen molar-refractivity contribution in [3.63, 3.8) is 0 Å². The number of hydrogen-bond acceptors (Lipinski definition) is 3. The van der Waals surface area contributed by atoms with Crippen LogP contribution >= 0.6 is 0 Å². The first-order valence-corrected chi connectivity index (χ1v) is 9.41. The van der Waals surface area contributed by atoms with Crippen LogP contribution in [0.5, 0.6) is 0 Å². The molecule has 2 aromatic rings. The number of amides is 1. The van der Waals surface area contributed by atoms with Crippen LogP contribution in [0.3, 0.4) is 0 Å². The van der Waals surface area contributed by atoms with Gasteiger partial charge in [0.25, 0.3) is 5.91 Å². The number of fused-ring (bicyclic) bond motifs is 1. The standard InChI is InChI=1S/C22H25N3O/c1-16-7-5-11-20-21(16)19(22(26)24-20)15-25(17-8-3-2-4-9-17)18-10-6-13-23-14-12-18/h2-5,7-9,11,15,18,23H,6,10,12-14H2,1H3,(H,24,26)/b19-15-. The van der Waals surface area contributed by atoms with Gasteiger partial charge in [-0.1, -0.05) is 30.3 Å². The molecule has 2 aromatic carbocycles. The first-order valence-electron chi connectivity index (χ1n) is 9.41. The quantitative estimate of drug-likeness (QED) is 0.827. The van der Waals surface area contributed by atoms with Gasteiger partial charge in [0.2, 0.25) is 0 Å². The van der Waals surface area contributed by atoms with Crippen LogP contribution in [0.2, 0.25) is 0 Å². The lowest BCUT2D eigenvalue weighted by molar-refractivity contribution is -0.110. The summed E-state index contributed by atoms with van der Waals surface area (Å²) >= 11 is 0. The summed E-state index contributed by atoms with van der Waals surface area (Å²) in [5, 5.41) is 6.50. The predicted molar refractivity (Wildman–Crippen MR) is 107 cm³/mol. The summed E-state index contributed by atoms with van der Waals surface area (Å²) in [6, 6.07) is 16.8. The molecule has 2 heterocycles. The summed E-state index contributed by atoms with van der Waals surface area (Å²) in [4.78, 5) is 15.0. The van der Waals surface area contributed by atoms with E-state index in [1.807, 2.05) is 18.2 Å². The number of benzene rings is 2. The fourth-order valence-electron chi connectivity index (χ4n) is 3.96. The summed E-state index contributed by atoms with van der Waals surface area (Å²) in [5.74, 6) is -0.0121. The van der Waals surface area contributed by atoms with Gasteiger partial charge in [-0.25, -0.2) is 0 Å². The molecule has 2 aliphatic heterocycles. The van der Waals surface area contributed by atoms with Gasteiger partial charge in [-0.05, 0) is 63.0 Å². The van der Waals surface area contributed by atoms with Crippen LogP contribution in [0.25, 0.3) is 5.57 Å². The van der Waals surface area contributed by atoms with E-state index in [4.69, 9.17) is 0 Å². The fraction of sp³-hybridized carbons (Fsp3) is 0.318. The lowest BCUT2D eigenvalue weighted by Crippen LogP contribution is -2.32. The molecule has 1 amide bonds. The van der Waals surface area contributed by atoms with Gasteiger partial charge >= 0.3 is 0 Å². The molecule has 1 fully saturated rings. The summed E-state index contributed by atoms with van der Waals surface area (Å²) in [7, 11) is 0. The maximum atomic E-state index is 12.7. The minimum atomic E-state index is -0.0121. The number of rotatable bonds is 3. The van der Waals surface area contributed by atoms with Crippen molar-refractivity contribution in [2.24, 2.45) is 0 Å². The van der Waals surface area contributed by atoms with Gasteiger partial charge in [-0.2, -0.15) is 0 Å². The second-order valence-electron chi connectivity index (χ2n) is 7.07. The van der Waals surface area contributed by atoms with Crippen molar-refractivity contribution in [1.29, 1.82) is 0 Å². The Balaban J connectivity index is 1.78. The number of nitrogens with zero attached hydrogens (tertiary/aromatic N) is 1. The molecule has 0 bridgehead atoms. The summed E-state index contributed by atoms with van der Waals surface area (Å²) in [6.45, 7) is 4.15. The molecule has 4 rings (SSSR count). The zero-order valence-corrected chi connectivity index (χ0v) is 15.2. The SMILES string of the molecule is Cc1cccc2c1/C(=C/N(c1ccccc1)C1CCCNCC1)C(=O)N2. The molecule has 26 heavy (non-hydrogen) atoms. The van der Waals surface area contributed by atoms with Crippen molar-refractivity contribution in [2.45, 2.75) is 32.2 Å². The van der Waals surface area contributed by atoms with Gasteiger partial charge in [-0.15, -0.1) is 0 Å². The lowest BCUT2D eigenvalue weighted by atomic mass is 10.0. The molecule has 0 aromatic heterocycles. The summed E-state index contributed by atoms with van der Waals surface area (Å²) < 4.78 is 0. The second-order valence-corrected chi connectivity index (χ2v) is 7.07. The lowest BCUT2D eigenvalue weighted by Gasteiger charge is -2.30. The number of carbonyl (C=O) groups excluding carboxylic acids is 1. The van der Waals surface area contributed by atoms with Gasteiger partial charge in [0.05, 0.1) is 5.57 Å². The van der Waals surface area contributed by atoms with Crippen molar-refractivity contribution >= 4 is 22.9 Å². The molecule has 0 radical (unpaired) electrons. The smallest absolute Gasteiger partial charge is 0.257 e. The Labute approximate surface area is 154 Å². The highest BCUT2D eigenvalue weighted by Gasteiger charge is 2.28. The number of hydrogen-bond donors (Lipinski definition) is 2. The monoisotopic (exact) mass is 347 g/mol. The number of para-hydroxylation sites is 1. The minimum absolute atomic E-state index is 0.0121. The van der Waals surface area contributed by atoms with E-state index in [0.717, 1.165) is 60.4 Å². The topological polar surface area (TPSA) is 44.4 Å². The summed E-state index contributed by atoms with van der Waals surface area (Å²) in [6.07, 6.45) is 5.41. The second kappa shape index (κ2) is 7.34. The fourth-order valence-corrected chi connectivity index (χ4v) is 3.96. The van der Waals surface area contributed by atoms with Crippen molar-refractivity contribution < 1.29 is 4.79 Å². The van der Waals surface area contributed by atoms with E-state index in [0.29, 0.717) is 6.04 Å². The Morgan fingerprint density at radius 2 is 1.88 bits per heavy atom. The van der Waals surface area contributed by atoms with Crippen LogP contribution in [0, 0.1) is 6.92 Å². The Morgan fingerprint density at radius 3 is 2.73 bits per heavy atom. The van der Waals surface area contributed by atoms with Gasteiger partial charge in [0.1, 0.15) is 0 Å². The Morgan fingerprint density at radius 1 is 1.04 bits per heavy atom. The largest absolute Gasteiger partial charge is 0.344 e. The molecule has 4 nitrogen and oxygen atoms in total. The van der Waals surface area contributed by atoms with Crippen LogP contribution in [-0.4, -0.2) is 25.0 Å². The molecule has 0 spiro atoms. The van der Waals surface area contributed by atoms with E-state index in [9.17, 15) is 4.79 Å². The van der Waals surface area contributed by atoms with Crippen molar-refractivity contribution in [1.82, 2.24) is 5.32 Å². The number of anilines is 2. The highest BCUT2D eigenvalue weighted by Crippen LogP contribution is 2.36. The van der Waals surface area contributed by atoms with Crippen LogP contribution in [-0.2, 0) is 4.79 Å². The van der Waals surface area contributed by atoms with Crippen molar-refractivity contribution in [2.75, 3.05) is 23.3 Å². The number of nitrogens with one attached hydrogen (secondary N) is 2. The highest BCUT2D eigenvalue weighted by molar-refractivity contribution is 6.32. The molecule has 0 saturated carbocycles. The van der Waals surface area contributed by atoms with E-state index >= 15 is 0 Å². The zero-order valence-electron chi connectivity index (χ0n) is 15.2. The summed E-state index contributed by atoms with van der Waals surface area (Å²) in [5.41, 5.74) is 4.98. The van der Waals surface area contributed by atoms with E-state index in [1.165, 1.54) is 0 Å². The molecule has 0 aliphatic carbocycles. The maximum Gasteiger partial charge on any atom is 0.257 e. The third-order valence-electron chi connectivity index (χ3n) is 5.30. The Kier molecular flexibility index (Phi) is 4.76. The van der Waals surface area contributed by atoms with Crippen molar-refractivity contribution in [3.05, 3.63) is 65.9 Å². The highest BCUT2D eigenvalue weighted by atomic mass is 16.2. The average molecular weight is 347 g/mol. The maximum absolute atomic E-state index is 12.7. The molecule has 134 valence electrons. The Hall–Kier alpha value is -2.59. The van der Waals surface area contributed by atoms with E-state index < -0.39 is 0 Å². The van der Waals surface area contributed by atoms with Crippen LogP contribution in [0.15, 0.2) is 54.7 Å². The first kappa shape index (κ1) is 16.9. The number of carbonyl (C=O) groups is 1. The predicted octanol–water partition coefficient (Wildman–Crippen LogP) is 3.94. The number of aryl methyl sites for hydroxylation is 1. The molecule has 4 heteroatoms. The first-order chi connectivity index (χ1) is 12.7. The minimum Gasteiger partial charge on any atom is -0.344 e.